The summed E-state index contributed by atoms with van der Waals surface area (Å²) in [5, 5.41) is 0. The van der Waals surface area contributed by atoms with Crippen LogP contribution in [0, 0.1) is 30.5 Å². The topological polar surface area (TPSA) is 60.3 Å². The molecule has 1 heterocycles. The van der Waals surface area contributed by atoms with Gasteiger partial charge in [-0.05, 0) is 50.6 Å². The van der Waals surface area contributed by atoms with E-state index in [0.29, 0.717) is 28.5 Å². The molecule has 1 aromatic carbocycles. The number of aryl methyl sites for hydroxylation is 1. The van der Waals surface area contributed by atoms with Gasteiger partial charge < -0.3 is 9.30 Å². The molecule has 1 aliphatic rings. The Balaban J connectivity index is 1.75. The van der Waals surface area contributed by atoms with Crippen molar-refractivity contribution in [3.05, 3.63) is 63.3 Å². The van der Waals surface area contributed by atoms with E-state index in [9.17, 15) is 13.4 Å². The van der Waals surface area contributed by atoms with Crippen molar-refractivity contribution in [1.82, 2.24) is 9.29 Å². The molecule has 3 rings (SSSR count). The Kier molecular flexibility index (Phi) is 6.09. The van der Waals surface area contributed by atoms with Crippen molar-refractivity contribution >= 4 is 11.0 Å². The molecule has 0 saturated heterocycles. The lowest BCUT2D eigenvalue weighted by Gasteiger charge is -2.13. The lowest BCUT2D eigenvalue weighted by Crippen LogP contribution is -2.23. The number of pyridine rings is 1. The number of halogens is 1. The Labute approximate surface area is 160 Å². The summed E-state index contributed by atoms with van der Waals surface area (Å²) in [6.07, 6.45) is 2.19. The highest BCUT2D eigenvalue weighted by atomic mass is 32.2. The third kappa shape index (κ3) is 5.28. The average Bonchev–Trinajstić information content (AvgIpc) is 3.46. The first-order valence-corrected chi connectivity index (χ1v) is 9.98. The quantitative estimate of drug-likeness (QED) is 0.773. The van der Waals surface area contributed by atoms with E-state index in [4.69, 9.17) is 4.74 Å². The molecular weight excluding hydrogens is 367 g/mol. The molecule has 1 saturated carbocycles. The largest absolute Gasteiger partial charge is 0.479 e. The molecule has 1 fully saturated rings. The van der Waals surface area contributed by atoms with E-state index in [-0.39, 0.29) is 23.9 Å². The van der Waals surface area contributed by atoms with Crippen molar-refractivity contribution < 1.29 is 13.3 Å². The average molecular weight is 388 g/mol. The second-order valence-electron chi connectivity index (χ2n) is 6.43. The Morgan fingerprint density at radius 1 is 1.33 bits per heavy atom. The maximum Gasteiger partial charge on any atom is 0.254 e. The summed E-state index contributed by atoms with van der Waals surface area (Å²) in [6, 6.07) is 7.90. The van der Waals surface area contributed by atoms with Crippen LogP contribution in [0.3, 0.4) is 0 Å². The van der Waals surface area contributed by atoms with Crippen LogP contribution >= 0.6 is 0 Å². The molecule has 142 valence electrons. The Morgan fingerprint density at radius 2 is 2.11 bits per heavy atom. The molecule has 0 aliphatic heterocycles. The number of nitrogens with zero attached hydrogens (tertiary/aromatic N) is 1. The maximum atomic E-state index is 14.3. The van der Waals surface area contributed by atoms with Crippen LogP contribution in [0.15, 0.2) is 35.1 Å². The molecular formula is C20H21FN2O3S. The molecule has 2 aromatic rings. The number of benzene rings is 1. The highest BCUT2D eigenvalue weighted by molar-refractivity contribution is 7.82. The van der Waals surface area contributed by atoms with Crippen molar-refractivity contribution in [1.29, 1.82) is 0 Å². The van der Waals surface area contributed by atoms with Gasteiger partial charge in [-0.25, -0.2) is 13.3 Å². The van der Waals surface area contributed by atoms with Gasteiger partial charge in [0.1, 0.15) is 22.6 Å². The Morgan fingerprint density at radius 3 is 2.74 bits per heavy atom. The van der Waals surface area contributed by atoms with E-state index < -0.39 is 11.0 Å². The SMILES string of the molecule is CNS(=O)COc1cc(C)n(Cc2ccc(C#CC3CC3)c(F)c2)c(=O)c1. The number of hydrogen-bond acceptors (Lipinski definition) is 3. The van der Waals surface area contributed by atoms with E-state index in [0.717, 1.165) is 12.8 Å². The molecule has 5 nitrogen and oxygen atoms in total. The molecule has 1 unspecified atom stereocenters. The maximum absolute atomic E-state index is 14.3. The third-order valence-corrected chi connectivity index (χ3v) is 5.02. The molecule has 0 amide bonds. The summed E-state index contributed by atoms with van der Waals surface area (Å²) < 4.78 is 35.1. The van der Waals surface area contributed by atoms with Gasteiger partial charge >= 0.3 is 0 Å². The lowest BCUT2D eigenvalue weighted by atomic mass is 10.1. The van der Waals surface area contributed by atoms with Gasteiger partial charge in [0, 0.05) is 17.7 Å². The normalized spacial score (nSPS) is 14.3. The van der Waals surface area contributed by atoms with Crippen molar-refractivity contribution in [3.63, 3.8) is 0 Å². The van der Waals surface area contributed by atoms with E-state index in [1.807, 2.05) is 0 Å². The first-order valence-electron chi connectivity index (χ1n) is 8.66. The minimum absolute atomic E-state index is 0.0477. The molecule has 27 heavy (non-hydrogen) atoms. The molecule has 0 radical (unpaired) electrons. The van der Waals surface area contributed by atoms with E-state index in [1.165, 1.54) is 16.7 Å². The van der Waals surface area contributed by atoms with Gasteiger partial charge in [0.2, 0.25) is 0 Å². The van der Waals surface area contributed by atoms with Gasteiger partial charge in [-0.2, -0.15) is 0 Å². The molecule has 7 heteroatoms. The number of hydrogen-bond donors (Lipinski definition) is 1. The van der Waals surface area contributed by atoms with Crippen LogP contribution in [-0.2, 0) is 17.5 Å². The van der Waals surface area contributed by atoms with Crippen LogP contribution in [0.1, 0.15) is 29.7 Å². The minimum Gasteiger partial charge on any atom is -0.479 e. The van der Waals surface area contributed by atoms with Crippen molar-refractivity contribution in [2.45, 2.75) is 26.3 Å². The summed E-state index contributed by atoms with van der Waals surface area (Å²) in [5.41, 5.74) is 1.47. The van der Waals surface area contributed by atoms with Crippen LogP contribution in [-0.4, -0.2) is 21.8 Å². The van der Waals surface area contributed by atoms with Crippen LogP contribution in [0.2, 0.25) is 0 Å². The summed E-state index contributed by atoms with van der Waals surface area (Å²) >= 11 is 0. The first kappa shape index (κ1) is 19.3. The highest BCUT2D eigenvalue weighted by Gasteiger charge is 2.18. The zero-order chi connectivity index (χ0) is 19.4. The minimum atomic E-state index is -1.32. The monoisotopic (exact) mass is 388 g/mol. The van der Waals surface area contributed by atoms with Crippen LogP contribution < -0.4 is 15.0 Å². The number of aromatic nitrogens is 1. The fourth-order valence-corrected chi connectivity index (χ4v) is 2.87. The smallest absolute Gasteiger partial charge is 0.254 e. The fourth-order valence-electron chi connectivity index (χ4n) is 2.51. The van der Waals surface area contributed by atoms with E-state index in [1.54, 1.807) is 32.2 Å². The number of nitrogens with one attached hydrogen (secondary N) is 1. The van der Waals surface area contributed by atoms with Gasteiger partial charge in [-0.3, -0.25) is 4.79 Å². The summed E-state index contributed by atoms with van der Waals surface area (Å²) in [5.74, 6) is 6.28. The second kappa shape index (κ2) is 8.51. The Bertz CT molecular complexity index is 987. The van der Waals surface area contributed by atoms with Crippen LogP contribution in [0.5, 0.6) is 5.75 Å². The molecule has 0 spiro atoms. The van der Waals surface area contributed by atoms with Crippen molar-refractivity contribution in [2.24, 2.45) is 5.92 Å². The second-order valence-corrected chi connectivity index (χ2v) is 7.76. The zero-order valence-corrected chi connectivity index (χ0v) is 16.1. The van der Waals surface area contributed by atoms with Crippen molar-refractivity contribution in [3.8, 4) is 17.6 Å². The molecule has 1 aliphatic carbocycles. The standard InChI is InChI=1S/C20H21FN2O3S/c1-14-9-18(26-13-27(25)22-2)11-20(24)23(14)12-16-6-8-17(19(21)10-16)7-5-15-3-4-15/h6,8-11,15,22H,3-4,12-13H2,1-2H3. The summed E-state index contributed by atoms with van der Waals surface area (Å²) in [6.45, 7) is 2.02. The fraction of sp³-hybridized carbons (Fsp3) is 0.350. The van der Waals surface area contributed by atoms with Crippen LogP contribution in [0.4, 0.5) is 4.39 Å². The van der Waals surface area contributed by atoms with E-state index >= 15 is 0 Å². The van der Waals surface area contributed by atoms with Gasteiger partial charge in [-0.15, -0.1) is 0 Å². The zero-order valence-electron chi connectivity index (χ0n) is 15.3. The molecule has 1 N–H and O–H groups in total. The van der Waals surface area contributed by atoms with Gasteiger partial charge in [-0.1, -0.05) is 17.9 Å². The predicted octanol–water partition coefficient (Wildman–Crippen LogP) is 2.33. The number of ether oxygens (including phenoxy) is 1. The molecule has 1 atom stereocenters. The first-order chi connectivity index (χ1) is 13.0. The Hall–Kier alpha value is -2.43. The highest BCUT2D eigenvalue weighted by Crippen LogP contribution is 2.27. The summed E-state index contributed by atoms with van der Waals surface area (Å²) in [4.78, 5) is 12.4. The van der Waals surface area contributed by atoms with Crippen LogP contribution in [0.25, 0.3) is 0 Å². The molecule has 0 bridgehead atoms. The van der Waals surface area contributed by atoms with E-state index in [2.05, 4.69) is 16.6 Å². The summed E-state index contributed by atoms with van der Waals surface area (Å²) in [7, 11) is 0.243. The van der Waals surface area contributed by atoms with Gasteiger partial charge in [0.15, 0.2) is 5.94 Å². The predicted molar refractivity (Wildman–Crippen MR) is 103 cm³/mol. The van der Waals surface area contributed by atoms with Gasteiger partial charge in [0.05, 0.1) is 12.1 Å². The van der Waals surface area contributed by atoms with Crippen molar-refractivity contribution in [2.75, 3.05) is 13.0 Å². The van der Waals surface area contributed by atoms with Gasteiger partial charge in [0.25, 0.3) is 5.56 Å². The lowest BCUT2D eigenvalue weighted by molar-refractivity contribution is 0.382. The molecule has 1 aromatic heterocycles. The third-order valence-electron chi connectivity index (χ3n) is 4.23. The number of rotatable bonds is 6.